The predicted molar refractivity (Wildman–Crippen MR) is 117 cm³/mol. The van der Waals surface area contributed by atoms with Gasteiger partial charge in [0.1, 0.15) is 5.75 Å². The summed E-state index contributed by atoms with van der Waals surface area (Å²) in [6, 6.07) is 7.85. The summed E-state index contributed by atoms with van der Waals surface area (Å²) in [5.74, 6) is 1.63. The maximum atomic E-state index is 12.8. The van der Waals surface area contributed by atoms with Crippen molar-refractivity contribution < 1.29 is 14.3 Å². The number of hydrogen-bond acceptors (Lipinski definition) is 4. The molecular weight excluding hydrogens is 390 g/mol. The average Bonchev–Trinajstić information content (AvgIpc) is 3.25. The van der Waals surface area contributed by atoms with Crippen LogP contribution in [0.15, 0.2) is 24.3 Å². The topological polar surface area (TPSA) is 61.9 Å². The summed E-state index contributed by atoms with van der Waals surface area (Å²) in [6.07, 6.45) is 3.11. The number of nitrogens with zero attached hydrogens (tertiary/aromatic N) is 2. The summed E-state index contributed by atoms with van der Waals surface area (Å²) in [5, 5.41) is 3.35. The van der Waals surface area contributed by atoms with Gasteiger partial charge in [0.25, 0.3) is 5.91 Å². The van der Waals surface area contributed by atoms with Crippen LogP contribution < -0.4 is 10.1 Å². The number of benzene rings is 1. The van der Waals surface area contributed by atoms with E-state index in [1.807, 2.05) is 41.0 Å². The highest BCUT2D eigenvalue weighted by molar-refractivity contribution is 5.85. The molecule has 0 saturated carbocycles. The van der Waals surface area contributed by atoms with E-state index in [0.29, 0.717) is 38.5 Å². The number of hydrogen-bond donors (Lipinski definition) is 1. The number of halogens is 1. The van der Waals surface area contributed by atoms with Gasteiger partial charge in [-0.15, -0.1) is 12.4 Å². The molecule has 7 heteroatoms. The third kappa shape index (κ3) is 6.34. The first-order valence-corrected chi connectivity index (χ1v) is 10.6. The van der Waals surface area contributed by atoms with E-state index in [1.165, 1.54) is 6.42 Å². The van der Waals surface area contributed by atoms with Gasteiger partial charge in [0.05, 0.1) is 0 Å². The van der Waals surface area contributed by atoms with Crippen LogP contribution in [0.25, 0.3) is 0 Å². The summed E-state index contributed by atoms with van der Waals surface area (Å²) in [7, 11) is 0. The SMILES string of the molecule is CCc1ccccc1OC(C)C(=O)N1CCN(C(=O)CCC2CCNC2)CC1.Cl. The van der Waals surface area contributed by atoms with Crippen molar-refractivity contribution in [2.45, 2.75) is 45.6 Å². The molecule has 1 N–H and O–H groups in total. The molecule has 2 aliphatic heterocycles. The average molecular weight is 424 g/mol. The van der Waals surface area contributed by atoms with Gasteiger partial charge in [-0.3, -0.25) is 9.59 Å². The van der Waals surface area contributed by atoms with Crippen LogP contribution in [0, 0.1) is 5.92 Å². The second kappa shape index (κ2) is 11.4. The third-order valence-corrected chi connectivity index (χ3v) is 5.88. The van der Waals surface area contributed by atoms with Crippen molar-refractivity contribution in [1.29, 1.82) is 0 Å². The van der Waals surface area contributed by atoms with E-state index < -0.39 is 6.10 Å². The zero-order valence-corrected chi connectivity index (χ0v) is 18.4. The zero-order valence-electron chi connectivity index (χ0n) is 17.6. The van der Waals surface area contributed by atoms with Crippen molar-refractivity contribution in [2.75, 3.05) is 39.3 Å². The molecular formula is C22H34ClN3O3. The number of piperazine rings is 1. The Kier molecular flexibility index (Phi) is 9.24. The Morgan fingerprint density at radius 2 is 1.86 bits per heavy atom. The number of amides is 2. The first-order chi connectivity index (χ1) is 13.6. The number of carbonyl (C=O) groups excluding carboxylic acids is 2. The number of ether oxygens (including phenoxy) is 1. The maximum Gasteiger partial charge on any atom is 0.263 e. The fraction of sp³-hybridized carbons (Fsp3) is 0.636. The highest BCUT2D eigenvalue weighted by Crippen LogP contribution is 2.21. The standard InChI is InChI=1S/C22H33N3O3.ClH/c1-3-19-6-4-5-7-20(19)28-17(2)22(27)25-14-12-24(13-15-25)21(26)9-8-18-10-11-23-16-18;/h4-7,17-18,23H,3,8-16H2,1-2H3;1H. The Bertz CT molecular complexity index is 671. The van der Waals surface area contributed by atoms with Gasteiger partial charge in [0, 0.05) is 32.6 Å². The molecule has 2 fully saturated rings. The highest BCUT2D eigenvalue weighted by atomic mass is 35.5. The van der Waals surface area contributed by atoms with Gasteiger partial charge in [0.2, 0.25) is 5.91 Å². The molecule has 0 bridgehead atoms. The van der Waals surface area contributed by atoms with Crippen molar-refractivity contribution in [2.24, 2.45) is 5.92 Å². The lowest BCUT2D eigenvalue weighted by Crippen LogP contribution is -2.53. The molecule has 6 nitrogen and oxygen atoms in total. The normalized spacial score (nSPS) is 20.1. The van der Waals surface area contributed by atoms with Crippen molar-refractivity contribution in [1.82, 2.24) is 15.1 Å². The van der Waals surface area contributed by atoms with E-state index in [-0.39, 0.29) is 24.2 Å². The van der Waals surface area contributed by atoms with E-state index in [2.05, 4.69) is 12.2 Å². The molecule has 29 heavy (non-hydrogen) atoms. The first kappa shape index (κ1) is 23.5. The van der Waals surface area contributed by atoms with Crippen LogP contribution in [0.3, 0.4) is 0 Å². The van der Waals surface area contributed by atoms with Gasteiger partial charge in [-0.25, -0.2) is 0 Å². The number of para-hydroxylation sites is 1. The Morgan fingerprint density at radius 1 is 1.17 bits per heavy atom. The lowest BCUT2D eigenvalue weighted by atomic mass is 10.0. The minimum absolute atomic E-state index is 0. The molecule has 2 heterocycles. The molecule has 1 aromatic carbocycles. The Morgan fingerprint density at radius 3 is 2.52 bits per heavy atom. The lowest BCUT2D eigenvalue weighted by Gasteiger charge is -2.36. The summed E-state index contributed by atoms with van der Waals surface area (Å²) >= 11 is 0. The van der Waals surface area contributed by atoms with Gasteiger partial charge in [-0.05, 0) is 56.8 Å². The molecule has 2 amide bonds. The molecule has 0 aliphatic carbocycles. The minimum Gasteiger partial charge on any atom is -0.481 e. The molecule has 2 aliphatic rings. The molecule has 1 aromatic rings. The van der Waals surface area contributed by atoms with Crippen LogP contribution in [-0.2, 0) is 16.0 Å². The van der Waals surface area contributed by atoms with E-state index in [1.54, 1.807) is 0 Å². The van der Waals surface area contributed by atoms with Gasteiger partial charge >= 0.3 is 0 Å². The van der Waals surface area contributed by atoms with Crippen LogP contribution in [0.2, 0.25) is 0 Å². The number of aryl methyl sites for hydroxylation is 1. The number of nitrogens with one attached hydrogen (secondary N) is 1. The van der Waals surface area contributed by atoms with Gasteiger partial charge in [0.15, 0.2) is 6.10 Å². The van der Waals surface area contributed by atoms with E-state index in [4.69, 9.17) is 4.74 Å². The van der Waals surface area contributed by atoms with Gasteiger partial charge < -0.3 is 19.9 Å². The lowest BCUT2D eigenvalue weighted by molar-refractivity contribution is -0.143. The number of rotatable bonds is 7. The van der Waals surface area contributed by atoms with Crippen molar-refractivity contribution >= 4 is 24.2 Å². The molecule has 2 saturated heterocycles. The van der Waals surface area contributed by atoms with Crippen molar-refractivity contribution in [3.05, 3.63) is 29.8 Å². The van der Waals surface area contributed by atoms with Gasteiger partial charge in [-0.2, -0.15) is 0 Å². The zero-order chi connectivity index (χ0) is 19.9. The molecule has 2 unspecified atom stereocenters. The Hall–Kier alpha value is -1.79. The molecule has 2 atom stereocenters. The van der Waals surface area contributed by atoms with Gasteiger partial charge in [-0.1, -0.05) is 25.1 Å². The fourth-order valence-electron chi connectivity index (χ4n) is 4.03. The summed E-state index contributed by atoms with van der Waals surface area (Å²) in [4.78, 5) is 29.0. The highest BCUT2D eigenvalue weighted by Gasteiger charge is 2.28. The first-order valence-electron chi connectivity index (χ1n) is 10.6. The third-order valence-electron chi connectivity index (χ3n) is 5.88. The molecule has 0 radical (unpaired) electrons. The van der Waals surface area contributed by atoms with Crippen molar-refractivity contribution in [3.63, 3.8) is 0 Å². The molecule has 3 rings (SSSR count). The minimum atomic E-state index is -0.523. The Balaban J connectivity index is 0.00000300. The predicted octanol–water partition coefficient (Wildman–Crippen LogP) is 2.50. The Labute approximate surface area is 180 Å². The summed E-state index contributed by atoms with van der Waals surface area (Å²) in [6.45, 7) is 8.39. The maximum absolute atomic E-state index is 12.8. The molecule has 162 valence electrons. The monoisotopic (exact) mass is 423 g/mol. The quantitative estimate of drug-likeness (QED) is 0.731. The van der Waals surface area contributed by atoms with Crippen LogP contribution in [0.5, 0.6) is 5.75 Å². The largest absolute Gasteiger partial charge is 0.481 e. The summed E-state index contributed by atoms with van der Waals surface area (Å²) < 4.78 is 5.94. The number of carbonyl (C=O) groups is 2. The second-order valence-corrected chi connectivity index (χ2v) is 7.82. The molecule has 0 aromatic heterocycles. The second-order valence-electron chi connectivity index (χ2n) is 7.82. The van der Waals surface area contributed by atoms with E-state index >= 15 is 0 Å². The van der Waals surface area contributed by atoms with Crippen LogP contribution >= 0.6 is 12.4 Å². The smallest absolute Gasteiger partial charge is 0.263 e. The van der Waals surface area contributed by atoms with E-state index in [9.17, 15) is 9.59 Å². The molecule has 0 spiro atoms. The summed E-state index contributed by atoms with van der Waals surface area (Å²) in [5.41, 5.74) is 1.11. The van der Waals surface area contributed by atoms with Crippen LogP contribution in [-0.4, -0.2) is 67.0 Å². The van der Waals surface area contributed by atoms with Crippen LogP contribution in [0.1, 0.15) is 38.7 Å². The van der Waals surface area contributed by atoms with E-state index in [0.717, 1.165) is 37.2 Å². The van der Waals surface area contributed by atoms with Crippen LogP contribution in [0.4, 0.5) is 0 Å². The van der Waals surface area contributed by atoms with Crippen molar-refractivity contribution in [3.8, 4) is 5.75 Å². The fourth-order valence-corrected chi connectivity index (χ4v) is 4.03.